The van der Waals surface area contributed by atoms with E-state index in [-0.39, 0.29) is 6.09 Å². The number of ether oxygens (including phenoxy) is 1. The van der Waals surface area contributed by atoms with Crippen molar-refractivity contribution in [3.8, 4) is 0 Å². The molecule has 0 saturated heterocycles. The van der Waals surface area contributed by atoms with Crippen molar-refractivity contribution in [1.82, 2.24) is 10.2 Å². The molecule has 0 bridgehead atoms. The molecular weight excluding hydrogens is 384 g/mol. The second-order valence-corrected chi connectivity index (χ2v) is 11.9. The van der Waals surface area contributed by atoms with Crippen LogP contribution in [0.2, 0.25) is 0 Å². The van der Waals surface area contributed by atoms with Crippen LogP contribution < -0.4 is 5.32 Å². The van der Waals surface area contributed by atoms with Crippen molar-refractivity contribution in [2.24, 2.45) is 34.5 Å². The number of fused-ring (bicyclic) bond motifs is 5. The van der Waals surface area contributed by atoms with Crippen molar-refractivity contribution in [2.75, 3.05) is 20.7 Å². The largest absolute Gasteiger partial charge is 0.450 e. The SMILES string of the molecule is CCCOC(=O)NC1CCC2(C)C(CCC3C4CC=C(C(C)N(C)C)C4(C)CCC32)C1. The van der Waals surface area contributed by atoms with Gasteiger partial charge < -0.3 is 15.0 Å². The van der Waals surface area contributed by atoms with Crippen molar-refractivity contribution in [3.63, 3.8) is 0 Å². The van der Waals surface area contributed by atoms with E-state index in [1.165, 1.54) is 38.5 Å². The molecule has 0 aromatic rings. The third-order valence-corrected chi connectivity index (χ3v) is 10.3. The Kier molecular flexibility index (Phi) is 6.51. The van der Waals surface area contributed by atoms with Crippen LogP contribution in [0.3, 0.4) is 0 Å². The van der Waals surface area contributed by atoms with E-state index < -0.39 is 0 Å². The molecular formula is C27H46N2O2. The Morgan fingerprint density at radius 3 is 2.68 bits per heavy atom. The number of carbonyl (C=O) groups excluding carboxylic acids is 1. The molecule has 1 N–H and O–H groups in total. The summed E-state index contributed by atoms with van der Waals surface area (Å²) in [5.41, 5.74) is 2.56. The smallest absolute Gasteiger partial charge is 0.407 e. The van der Waals surface area contributed by atoms with E-state index in [0.29, 0.717) is 29.5 Å². The first kappa shape index (κ1) is 23.1. The quantitative estimate of drug-likeness (QED) is 0.542. The first-order valence-corrected chi connectivity index (χ1v) is 13.0. The van der Waals surface area contributed by atoms with E-state index in [4.69, 9.17) is 4.74 Å². The number of hydrogen-bond donors (Lipinski definition) is 1. The summed E-state index contributed by atoms with van der Waals surface area (Å²) >= 11 is 0. The number of rotatable bonds is 5. The lowest BCUT2D eigenvalue weighted by molar-refractivity contribution is -0.104. The zero-order chi connectivity index (χ0) is 22.4. The van der Waals surface area contributed by atoms with Gasteiger partial charge in [0.25, 0.3) is 0 Å². The van der Waals surface area contributed by atoms with Gasteiger partial charge in [-0.25, -0.2) is 4.79 Å². The zero-order valence-electron chi connectivity index (χ0n) is 20.9. The van der Waals surface area contributed by atoms with Crippen molar-refractivity contribution < 1.29 is 9.53 Å². The fourth-order valence-electron chi connectivity index (χ4n) is 8.32. The number of nitrogens with one attached hydrogen (secondary N) is 1. The fourth-order valence-corrected chi connectivity index (χ4v) is 8.32. The van der Waals surface area contributed by atoms with Crippen LogP contribution >= 0.6 is 0 Å². The van der Waals surface area contributed by atoms with Crippen LogP contribution in [0.25, 0.3) is 0 Å². The molecule has 1 amide bonds. The normalized spacial score (nSPS) is 42.8. The molecule has 4 nitrogen and oxygen atoms in total. The lowest BCUT2D eigenvalue weighted by atomic mass is 9.44. The summed E-state index contributed by atoms with van der Waals surface area (Å²) in [6, 6.07) is 0.848. The molecule has 8 unspecified atom stereocenters. The van der Waals surface area contributed by atoms with Crippen LogP contribution in [0.5, 0.6) is 0 Å². The predicted molar refractivity (Wildman–Crippen MR) is 127 cm³/mol. The third-order valence-electron chi connectivity index (χ3n) is 10.3. The molecule has 31 heavy (non-hydrogen) atoms. The molecule has 0 aromatic carbocycles. The van der Waals surface area contributed by atoms with Crippen molar-refractivity contribution in [1.29, 1.82) is 0 Å². The molecule has 8 atom stereocenters. The fraction of sp³-hybridized carbons (Fsp3) is 0.889. The number of amides is 1. The van der Waals surface area contributed by atoms with Crippen LogP contribution in [-0.4, -0.2) is 43.8 Å². The Hall–Kier alpha value is -1.03. The van der Waals surface area contributed by atoms with Gasteiger partial charge in [0, 0.05) is 12.1 Å². The Morgan fingerprint density at radius 2 is 1.97 bits per heavy atom. The van der Waals surface area contributed by atoms with E-state index >= 15 is 0 Å². The second kappa shape index (κ2) is 8.72. The van der Waals surface area contributed by atoms with E-state index in [0.717, 1.165) is 42.9 Å². The van der Waals surface area contributed by atoms with Crippen LogP contribution in [0.1, 0.15) is 85.5 Å². The van der Waals surface area contributed by atoms with Gasteiger partial charge in [0.05, 0.1) is 6.61 Å². The maximum atomic E-state index is 12.1. The Balaban J connectivity index is 1.44. The molecule has 4 aliphatic carbocycles. The number of alkyl carbamates (subject to hydrolysis) is 1. The van der Waals surface area contributed by atoms with Crippen LogP contribution in [0.4, 0.5) is 4.79 Å². The lowest BCUT2D eigenvalue weighted by Crippen LogP contribution is -2.55. The van der Waals surface area contributed by atoms with Crippen LogP contribution in [-0.2, 0) is 4.74 Å². The van der Waals surface area contributed by atoms with Gasteiger partial charge >= 0.3 is 6.09 Å². The maximum Gasteiger partial charge on any atom is 0.407 e. The van der Waals surface area contributed by atoms with Gasteiger partial charge in [-0.1, -0.05) is 32.4 Å². The molecule has 4 aliphatic rings. The van der Waals surface area contributed by atoms with Crippen LogP contribution in [0, 0.1) is 34.5 Å². The van der Waals surface area contributed by atoms with E-state index in [2.05, 4.69) is 51.2 Å². The van der Waals surface area contributed by atoms with Gasteiger partial charge in [0.15, 0.2) is 0 Å². The van der Waals surface area contributed by atoms with Gasteiger partial charge in [0.2, 0.25) is 0 Å². The highest BCUT2D eigenvalue weighted by molar-refractivity contribution is 5.67. The minimum absolute atomic E-state index is 0.211. The van der Waals surface area contributed by atoms with Crippen molar-refractivity contribution >= 4 is 6.09 Å². The van der Waals surface area contributed by atoms with Gasteiger partial charge in [-0.05, 0) is 113 Å². The van der Waals surface area contributed by atoms with Gasteiger partial charge in [-0.2, -0.15) is 0 Å². The van der Waals surface area contributed by atoms with E-state index in [9.17, 15) is 4.79 Å². The highest BCUT2D eigenvalue weighted by atomic mass is 16.5. The first-order chi connectivity index (χ1) is 14.7. The molecule has 4 rings (SSSR count). The van der Waals surface area contributed by atoms with E-state index in [1.807, 2.05) is 6.92 Å². The highest BCUT2D eigenvalue weighted by Crippen LogP contribution is 2.66. The lowest BCUT2D eigenvalue weighted by Gasteiger charge is -2.61. The summed E-state index contributed by atoms with van der Waals surface area (Å²) in [5.74, 6) is 3.32. The molecule has 0 spiro atoms. The third kappa shape index (κ3) is 3.96. The average molecular weight is 431 g/mol. The summed E-state index contributed by atoms with van der Waals surface area (Å²) in [7, 11) is 4.45. The topological polar surface area (TPSA) is 41.6 Å². The molecule has 3 fully saturated rings. The minimum atomic E-state index is -0.211. The maximum absolute atomic E-state index is 12.1. The summed E-state index contributed by atoms with van der Waals surface area (Å²) < 4.78 is 5.29. The number of nitrogens with zero attached hydrogens (tertiary/aromatic N) is 1. The van der Waals surface area contributed by atoms with Gasteiger partial charge in [0.1, 0.15) is 0 Å². The number of carbonyl (C=O) groups is 1. The molecule has 0 aliphatic heterocycles. The molecule has 3 saturated carbocycles. The summed E-state index contributed by atoms with van der Waals surface area (Å²) in [6.07, 6.45) is 13.6. The molecule has 0 aromatic heterocycles. The Morgan fingerprint density at radius 1 is 1.19 bits per heavy atom. The summed E-state index contributed by atoms with van der Waals surface area (Å²) in [6.45, 7) is 10.1. The summed E-state index contributed by atoms with van der Waals surface area (Å²) in [4.78, 5) is 14.5. The number of likely N-dealkylation sites (N-methyl/N-ethyl adjacent to an activating group) is 1. The van der Waals surface area contributed by atoms with Crippen molar-refractivity contribution in [3.05, 3.63) is 11.6 Å². The predicted octanol–water partition coefficient (Wildman–Crippen LogP) is 6.02. The number of allylic oxidation sites excluding steroid dienone is 1. The average Bonchev–Trinajstić information content (AvgIpc) is 3.09. The Labute approximate surface area is 190 Å². The van der Waals surface area contributed by atoms with Gasteiger partial charge in [-0.3, -0.25) is 0 Å². The van der Waals surface area contributed by atoms with Crippen molar-refractivity contribution in [2.45, 2.75) is 97.6 Å². The summed E-state index contributed by atoms with van der Waals surface area (Å²) in [5, 5.41) is 3.17. The molecule has 0 radical (unpaired) electrons. The highest BCUT2D eigenvalue weighted by Gasteiger charge is 2.59. The van der Waals surface area contributed by atoms with Gasteiger partial charge in [-0.15, -0.1) is 0 Å². The van der Waals surface area contributed by atoms with E-state index in [1.54, 1.807) is 5.57 Å². The molecule has 0 heterocycles. The Bertz CT molecular complexity index is 703. The zero-order valence-corrected chi connectivity index (χ0v) is 20.9. The minimum Gasteiger partial charge on any atom is -0.450 e. The molecule has 176 valence electrons. The second-order valence-electron chi connectivity index (χ2n) is 11.9. The standard InChI is InChI=1S/C27H46N2O2/c1-7-16-31-25(30)28-20-12-14-26(3)19(17-20)8-9-21-23-11-10-22(18(2)29(5)6)27(23,4)15-13-24(21)26/h10,18-21,23-24H,7-9,11-17H2,1-6H3,(H,28,30). The molecule has 4 heteroatoms. The van der Waals surface area contributed by atoms with Crippen LogP contribution in [0.15, 0.2) is 11.6 Å². The first-order valence-electron chi connectivity index (χ1n) is 13.0. The monoisotopic (exact) mass is 430 g/mol. The number of hydrogen-bond acceptors (Lipinski definition) is 3.